The molecule has 0 spiro atoms. The molecule has 0 bridgehead atoms. The number of benzene rings is 2. The highest BCUT2D eigenvalue weighted by molar-refractivity contribution is 5.87. The van der Waals surface area contributed by atoms with E-state index in [0.29, 0.717) is 37.8 Å². The van der Waals surface area contributed by atoms with Crippen LogP contribution in [-0.4, -0.2) is 45.7 Å². The van der Waals surface area contributed by atoms with Gasteiger partial charge in [0.1, 0.15) is 17.5 Å². The Kier molecular flexibility index (Phi) is 5.37. The van der Waals surface area contributed by atoms with Crippen molar-refractivity contribution in [3.8, 4) is 11.3 Å². The molecule has 1 aliphatic heterocycles. The van der Waals surface area contributed by atoms with Crippen LogP contribution in [0.2, 0.25) is 0 Å². The predicted molar refractivity (Wildman–Crippen MR) is 101 cm³/mol. The summed E-state index contributed by atoms with van der Waals surface area (Å²) < 4.78 is 32.8. The minimum atomic E-state index is -0.961. The molecule has 2 heterocycles. The van der Waals surface area contributed by atoms with Gasteiger partial charge in [0.25, 0.3) is 0 Å². The number of hydrogen-bond acceptors (Lipinski definition) is 4. The van der Waals surface area contributed by atoms with E-state index in [2.05, 4.69) is 14.9 Å². The van der Waals surface area contributed by atoms with Gasteiger partial charge in [0.15, 0.2) is 0 Å². The summed E-state index contributed by atoms with van der Waals surface area (Å²) in [4.78, 5) is 20.7. The first-order valence-corrected chi connectivity index (χ1v) is 9.15. The summed E-state index contributed by atoms with van der Waals surface area (Å²) in [7, 11) is 0. The first kappa shape index (κ1) is 19.2. The van der Waals surface area contributed by atoms with Crippen molar-refractivity contribution in [1.82, 2.24) is 14.9 Å². The number of carbonyl (C=O) groups is 1. The van der Waals surface area contributed by atoms with Gasteiger partial charge in [0, 0.05) is 24.7 Å². The number of ether oxygens (including phenoxy) is 1. The smallest absolute Gasteiger partial charge is 0.335 e. The lowest BCUT2D eigenvalue weighted by Crippen LogP contribution is -2.39. The van der Waals surface area contributed by atoms with Crippen LogP contribution in [0.25, 0.3) is 11.3 Å². The molecule has 2 aromatic carbocycles. The lowest BCUT2D eigenvalue weighted by Gasteiger charge is -2.34. The average Bonchev–Trinajstić information content (AvgIpc) is 3.18. The lowest BCUT2D eigenvalue weighted by atomic mass is 10.1. The maximum absolute atomic E-state index is 14.1. The molecular formula is C21H19F2N3O3. The minimum absolute atomic E-state index is 0.167. The zero-order valence-electron chi connectivity index (χ0n) is 15.4. The van der Waals surface area contributed by atoms with Crippen molar-refractivity contribution in [2.24, 2.45) is 0 Å². The van der Waals surface area contributed by atoms with Crippen molar-refractivity contribution in [1.29, 1.82) is 0 Å². The molecule has 150 valence electrons. The van der Waals surface area contributed by atoms with Crippen LogP contribution in [0.1, 0.15) is 27.8 Å². The zero-order chi connectivity index (χ0) is 20.4. The van der Waals surface area contributed by atoms with E-state index in [1.165, 1.54) is 18.3 Å². The van der Waals surface area contributed by atoms with Crippen LogP contribution >= 0.6 is 0 Å². The van der Waals surface area contributed by atoms with Gasteiger partial charge in [0.05, 0.1) is 36.7 Å². The van der Waals surface area contributed by atoms with E-state index in [1.807, 2.05) is 0 Å². The highest BCUT2D eigenvalue weighted by Gasteiger charge is 2.27. The summed E-state index contributed by atoms with van der Waals surface area (Å²) in [6, 6.07) is 9.99. The Hall–Kier alpha value is -3.10. The molecule has 8 heteroatoms. The number of hydrogen-bond donors (Lipinski definition) is 2. The Bertz CT molecular complexity index is 1020. The van der Waals surface area contributed by atoms with Gasteiger partial charge in [-0.2, -0.15) is 0 Å². The molecule has 6 nitrogen and oxygen atoms in total. The molecule has 1 atom stereocenters. The van der Waals surface area contributed by atoms with Crippen molar-refractivity contribution in [3.63, 3.8) is 0 Å². The van der Waals surface area contributed by atoms with Crippen molar-refractivity contribution in [2.45, 2.75) is 12.6 Å². The van der Waals surface area contributed by atoms with Crippen LogP contribution in [0.4, 0.5) is 8.78 Å². The third-order valence-electron chi connectivity index (χ3n) is 4.96. The van der Waals surface area contributed by atoms with Crippen LogP contribution in [0.3, 0.4) is 0 Å². The number of imidazole rings is 1. The number of morpholine rings is 1. The van der Waals surface area contributed by atoms with Crippen LogP contribution in [0, 0.1) is 11.6 Å². The second-order valence-corrected chi connectivity index (χ2v) is 6.87. The van der Waals surface area contributed by atoms with Gasteiger partial charge in [-0.1, -0.05) is 12.1 Å². The first-order valence-electron chi connectivity index (χ1n) is 9.15. The van der Waals surface area contributed by atoms with Crippen molar-refractivity contribution < 1.29 is 23.4 Å². The first-order chi connectivity index (χ1) is 14.0. The number of H-pyrrole nitrogens is 1. The van der Waals surface area contributed by atoms with Crippen LogP contribution in [0.15, 0.2) is 48.7 Å². The number of carboxylic acid groups (broad SMARTS) is 1. The zero-order valence-corrected chi connectivity index (χ0v) is 15.4. The topological polar surface area (TPSA) is 78.4 Å². The third kappa shape index (κ3) is 4.18. The Morgan fingerprint density at radius 1 is 1.24 bits per heavy atom. The summed E-state index contributed by atoms with van der Waals surface area (Å²) >= 11 is 0. The normalized spacial score (nSPS) is 17.4. The monoisotopic (exact) mass is 399 g/mol. The van der Waals surface area contributed by atoms with E-state index < -0.39 is 17.6 Å². The van der Waals surface area contributed by atoms with E-state index in [-0.39, 0.29) is 17.2 Å². The second-order valence-electron chi connectivity index (χ2n) is 6.87. The second kappa shape index (κ2) is 8.10. The molecule has 3 aromatic rings. The number of carboxylic acids is 1. The summed E-state index contributed by atoms with van der Waals surface area (Å²) in [5.41, 5.74) is 1.93. The van der Waals surface area contributed by atoms with E-state index in [1.54, 1.807) is 24.3 Å². The van der Waals surface area contributed by atoms with Gasteiger partial charge in [-0.15, -0.1) is 0 Å². The minimum Gasteiger partial charge on any atom is -0.478 e. The summed E-state index contributed by atoms with van der Waals surface area (Å²) in [5, 5.41) is 9.03. The van der Waals surface area contributed by atoms with Gasteiger partial charge in [-0.25, -0.2) is 18.6 Å². The van der Waals surface area contributed by atoms with E-state index in [0.717, 1.165) is 11.6 Å². The maximum atomic E-state index is 14.1. The average molecular weight is 399 g/mol. The van der Waals surface area contributed by atoms with Gasteiger partial charge in [-0.3, -0.25) is 4.90 Å². The molecule has 0 amide bonds. The molecule has 0 unspecified atom stereocenters. The summed E-state index contributed by atoms with van der Waals surface area (Å²) in [5.74, 6) is -1.62. The Morgan fingerprint density at radius 3 is 2.76 bits per heavy atom. The number of nitrogens with zero attached hydrogens (tertiary/aromatic N) is 2. The standard InChI is InChI=1S/C21H19F2N3O3/c22-15-5-6-16(17(23)9-15)18-10-24-20(25-18)19-12-29-8-7-26(19)11-13-1-3-14(4-2-13)21(27)28/h1-6,9-10,19H,7-8,11-12H2,(H,24,25)(H,27,28)/t19-/m0/s1. The molecule has 0 aliphatic carbocycles. The third-order valence-corrected chi connectivity index (χ3v) is 4.96. The number of aromatic carboxylic acids is 1. The number of aromatic amines is 1. The molecule has 29 heavy (non-hydrogen) atoms. The van der Waals surface area contributed by atoms with Crippen LogP contribution in [0.5, 0.6) is 0 Å². The van der Waals surface area contributed by atoms with E-state index >= 15 is 0 Å². The Labute approximate surface area is 165 Å². The number of nitrogens with one attached hydrogen (secondary N) is 1. The molecular weight excluding hydrogens is 380 g/mol. The number of halogens is 2. The van der Waals surface area contributed by atoms with Gasteiger partial charge in [-0.05, 0) is 29.8 Å². The fourth-order valence-electron chi connectivity index (χ4n) is 3.42. The molecule has 2 N–H and O–H groups in total. The van der Waals surface area contributed by atoms with E-state index in [9.17, 15) is 13.6 Å². The lowest BCUT2D eigenvalue weighted by molar-refractivity contribution is -0.0156. The van der Waals surface area contributed by atoms with Gasteiger partial charge >= 0.3 is 5.97 Å². The van der Waals surface area contributed by atoms with Crippen LogP contribution in [-0.2, 0) is 11.3 Å². The number of rotatable bonds is 5. The highest BCUT2D eigenvalue weighted by atomic mass is 19.1. The molecule has 1 saturated heterocycles. The molecule has 1 aliphatic rings. The number of aromatic nitrogens is 2. The fraction of sp³-hybridized carbons (Fsp3) is 0.238. The molecule has 0 saturated carbocycles. The van der Waals surface area contributed by atoms with Crippen LogP contribution < -0.4 is 0 Å². The molecule has 4 rings (SSSR count). The van der Waals surface area contributed by atoms with Gasteiger partial charge < -0.3 is 14.8 Å². The summed E-state index contributed by atoms with van der Waals surface area (Å²) in [6.45, 7) is 2.26. The molecule has 1 fully saturated rings. The fourth-order valence-corrected chi connectivity index (χ4v) is 3.42. The SMILES string of the molecule is O=C(O)c1ccc(CN2CCOC[C@H]2c2ncc(-c3ccc(F)cc3F)[nH]2)cc1. The molecule has 0 radical (unpaired) electrons. The molecule has 1 aromatic heterocycles. The van der Waals surface area contributed by atoms with Crippen molar-refractivity contribution >= 4 is 5.97 Å². The van der Waals surface area contributed by atoms with Gasteiger partial charge in [0.2, 0.25) is 0 Å². The Balaban J connectivity index is 1.54. The van der Waals surface area contributed by atoms with Crippen molar-refractivity contribution in [3.05, 3.63) is 77.2 Å². The van der Waals surface area contributed by atoms with Crippen molar-refractivity contribution in [2.75, 3.05) is 19.8 Å². The predicted octanol–water partition coefficient (Wildman–Crippen LogP) is 3.63. The summed E-state index contributed by atoms with van der Waals surface area (Å²) in [6.07, 6.45) is 1.53. The largest absolute Gasteiger partial charge is 0.478 e. The highest BCUT2D eigenvalue weighted by Crippen LogP contribution is 2.28. The van der Waals surface area contributed by atoms with E-state index in [4.69, 9.17) is 9.84 Å². The maximum Gasteiger partial charge on any atom is 0.335 e. The Morgan fingerprint density at radius 2 is 2.03 bits per heavy atom. The quantitative estimate of drug-likeness (QED) is 0.685.